The van der Waals surface area contributed by atoms with Crippen molar-refractivity contribution < 1.29 is 22.7 Å². The molecule has 0 bridgehead atoms. The van der Waals surface area contributed by atoms with Crippen LogP contribution in [0.1, 0.15) is 12.6 Å². The Morgan fingerprint density at radius 3 is 2.55 bits per heavy atom. The van der Waals surface area contributed by atoms with E-state index in [9.17, 15) is 22.8 Å². The molecule has 1 aromatic heterocycles. The Labute approximate surface area is 173 Å². The van der Waals surface area contributed by atoms with Crippen molar-refractivity contribution in [2.75, 3.05) is 18.1 Å². The van der Waals surface area contributed by atoms with Crippen molar-refractivity contribution in [2.45, 2.75) is 13.1 Å². The van der Waals surface area contributed by atoms with Crippen LogP contribution >= 0.6 is 23.2 Å². The zero-order chi connectivity index (χ0) is 21.9. The third-order valence-corrected chi connectivity index (χ3v) is 4.41. The van der Waals surface area contributed by atoms with Crippen LogP contribution in [0.3, 0.4) is 0 Å². The summed E-state index contributed by atoms with van der Waals surface area (Å²) in [5.74, 6) is 2.28. The smallest absolute Gasteiger partial charge is 0.433 e. The second-order valence-electron chi connectivity index (χ2n) is 5.63. The van der Waals surface area contributed by atoms with Gasteiger partial charge in [-0.15, -0.1) is 6.42 Å². The summed E-state index contributed by atoms with van der Waals surface area (Å²) in [4.78, 5) is 29.4. The van der Waals surface area contributed by atoms with E-state index in [0.29, 0.717) is 10.8 Å². The molecular weight excluding hydrogens is 434 g/mol. The van der Waals surface area contributed by atoms with Gasteiger partial charge >= 0.3 is 12.3 Å². The average Bonchev–Trinajstić information content (AvgIpc) is 2.62. The Morgan fingerprint density at radius 2 is 2.00 bits per heavy atom. The number of terminal acetylenes is 1. The monoisotopic (exact) mass is 447 g/mol. The van der Waals surface area contributed by atoms with Crippen LogP contribution in [0.5, 0.6) is 0 Å². The highest BCUT2D eigenvalue weighted by Crippen LogP contribution is 2.36. The Bertz CT molecular complexity index is 1050. The lowest BCUT2D eigenvalue weighted by Crippen LogP contribution is -2.32. The first-order valence-electron chi connectivity index (χ1n) is 8.03. The molecule has 0 N–H and O–H groups in total. The molecule has 0 fully saturated rings. The van der Waals surface area contributed by atoms with Gasteiger partial charge in [0.1, 0.15) is 11.4 Å². The van der Waals surface area contributed by atoms with Gasteiger partial charge in [0.25, 0.3) is 5.56 Å². The van der Waals surface area contributed by atoms with Crippen LogP contribution in [-0.4, -0.2) is 28.8 Å². The number of halogens is 5. The molecule has 2 rings (SSSR count). The van der Waals surface area contributed by atoms with E-state index in [-0.39, 0.29) is 40.1 Å². The third kappa shape index (κ3) is 4.66. The minimum atomic E-state index is -4.76. The van der Waals surface area contributed by atoms with E-state index < -0.39 is 23.5 Å². The fraction of sp³-hybridized carbons (Fsp3) is 0.278. The molecular formula is C18H14Cl2F3N3O3. The number of aromatic nitrogens is 2. The van der Waals surface area contributed by atoms with Crippen LogP contribution in [0.2, 0.25) is 10.0 Å². The summed E-state index contributed by atoms with van der Waals surface area (Å²) >= 11 is 12.3. The summed E-state index contributed by atoms with van der Waals surface area (Å²) < 4.78 is 44.3. The van der Waals surface area contributed by atoms with Gasteiger partial charge in [-0.2, -0.15) is 13.2 Å². The van der Waals surface area contributed by atoms with E-state index in [1.165, 1.54) is 12.1 Å². The zero-order valence-electron chi connectivity index (χ0n) is 15.2. The fourth-order valence-corrected chi connectivity index (χ4v) is 3.03. The number of anilines is 1. The van der Waals surface area contributed by atoms with Crippen molar-refractivity contribution >= 4 is 35.0 Å². The minimum absolute atomic E-state index is 0.0192. The van der Waals surface area contributed by atoms with Gasteiger partial charge in [-0.25, -0.2) is 9.78 Å². The molecule has 6 nitrogen and oxygen atoms in total. The number of ether oxygens (including phenoxy) is 1. The van der Waals surface area contributed by atoms with Crippen molar-refractivity contribution in [3.8, 4) is 23.6 Å². The number of rotatable bonds is 4. The largest absolute Gasteiger partial charge is 0.449 e. The van der Waals surface area contributed by atoms with Gasteiger partial charge in [-0.1, -0.05) is 29.1 Å². The van der Waals surface area contributed by atoms with E-state index in [0.717, 1.165) is 11.9 Å². The van der Waals surface area contributed by atoms with E-state index in [4.69, 9.17) is 34.4 Å². The number of amides is 1. The maximum Gasteiger partial charge on any atom is 0.433 e. The molecule has 1 aromatic carbocycles. The van der Waals surface area contributed by atoms with Crippen molar-refractivity contribution in [3.63, 3.8) is 0 Å². The van der Waals surface area contributed by atoms with Gasteiger partial charge in [-0.05, 0) is 19.1 Å². The van der Waals surface area contributed by atoms with Gasteiger partial charge < -0.3 is 9.30 Å². The average molecular weight is 448 g/mol. The SMILES string of the molecule is C#CCN(C(=O)OCC)c1cc(-c2ncc(C(F)(F)F)n(C)c2=O)c(Cl)cc1Cl. The molecule has 154 valence electrons. The summed E-state index contributed by atoms with van der Waals surface area (Å²) in [6.45, 7) is 1.45. The molecule has 11 heteroatoms. The second kappa shape index (κ2) is 8.76. The molecule has 0 unspecified atom stereocenters. The van der Waals surface area contributed by atoms with Crippen LogP contribution in [-0.2, 0) is 18.0 Å². The molecule has 0 saturated heterocycles. The molecule has 0 atom stereocenters. The molecule has 0 saturated carbocycles. The highest BCUT2D eigenvalue weighted by Gasteiger charge is 2.35. The Morgan fingerprint density at radius 1 is 1.34 bits per heavy atom. The fourth-order valence-electron chi connectivity index (χ4n) is 2.45. The molecule has 2 aromatic rings. The molecule has 0 aliphatic carbocycles. The first-order chi connectivity index (χ1) is 13.5. The predicted molar refractivity (Wildman–Crippen MR) is 103 cm³/mol. The van der Waals surface area contributed by atoms with Crippen LogP contribution in [0, 0.1) is 12.3 Å². The molecule has 0 aliphatic rings. The summed E-state index contributed by atoms with van der Waals surface area (Å²) in [6, 6.07) is 2.48. The highest BCUT2D eigenvalue weighted by molar-refractivity contribution is 6.38. The van der Waals surface area contributed by atoms with Gasteiger partial charge in [0.15, 0.2) is 0 Å². The van der Waals surface area contributed by atoms with Crippen LogP contribution in [0.25, 0.3) is 11.3 Å². The van der Waals surface area contributed by atoms with Crippen molar-refractivity contribution in [3.05, 3.63) is 44.4 Å². The topological polar surface area (TPSA) is 64.4 Å². The van der Waals surface area contributed by atoms with Crippen molar-refractivity contribution in [2.24, 2.45) is 7.05 Å². The van der Waals surface area contributed by atoms with Gasteiger partial charge in [0, 0.05) is 12.6 Å². The number of carbonyl (C=O) groups is 1. The van der Waals surface area contributed by atoms with Crippen LogP contribution < -0.4 is 10.5 Å². The summed E-state index contributed by atoms with van der Waals surface area (Å²) in [7, 11) is 0.963. The van der Waals surface area contributed by atoms with E-state index in [2.05, 4.69) is 10.9 Å². The molecule has 29 heavy (non-hydrogen) atoms. The molecule has 1 amide bonds. The number of nitrogens with zero attached hydrogens (tertiary/aromatic N) is 3. The summed E-state index contributed by atoms with van der Waals surface area (Å²) in [5, 5.41) is -0.0292. The molecule has 0 radical (unpaired) electrons. The lowest BCUT2D eigenvalue weighted by atomic mass is 10.1. The third-order valence-electron chi connectivity index (χ3n) is 3.79. The van der Waals surface area contributed by atoms with Gasteiger partial charge in [0.2, 0.25) is 0 Å². The maximum absolute atomic E-state index is 13.0. The Kier molecular flexibility index (Phi) is 6.82. The van der Waals surface area contributed by atoms with E-state index in [1.54, 1.807) is 6.92 Å². The highest BCUT2D eigenvalue weighted by atomic mass is 35.5. The van der Waals surface area contributed by atoms with Crippen LogP contribution in [0.4, 0.5) is 23.7 Å². The molecule has 0 spiro atoms. The molecule has 1 heterocycles. The normalized spacial score (nSPS) is 11.1. The summed E-state index contributed by atoms with van der Waals surface area (Å²) in [5.41, 5.74) is -2.57. The van der Waals surface area contributed by atoms with Crippen molar-refractivity contribution in [1.29, 1.82) is 0 Å². The van der Waals surface area contributed by atoms with Crippen molar-refractivity contribution in [1.82, 2.24) is 9.55 Å². The lowest BCUT2D eigenvalue weighted by molar-refractivity contribution is -0.144. The zero-order valence-corrected chi connectivity index (χ0v) is 16.7. The number of hydrogen-bond donors (Lipinski definition) is 0. The number of alkyl halides is 3. The Hall–Kier alpha value is -2.70. The first-order valence-corrected chi connectivity index (χ1v) is 8.78. The quantitative estimate of drug-likeness (QED) is 0.652. The van der Waals surface area contributed by atoms with Gasteiger partial charge in [-0.3, -0.25) is 9.69 Å². The van der Waals surface area contributed by atoms with Crippen LogP contribution in [0.15, 0.2) is 23.1 Å². The molecule has 0 aliphatic heterocycles. The van der Waals surface area contributed by atoms with Gasteiger partial charge in [0.05, 0.1) is 35.1 Å². The maximum atomic E-state index is 13.0. The minimum Gasteiger partial charge on any atom is -0.449 e. The van der Waals surface area contributed by atoms with E-state index in [1.807, 2.05) is 0 Å². The second-order valence-corrected chi connectivity index (χ2v) is 6.44. The Balaban J connectivity index is 2.69. The lowest BCUT2D eigenvalue weighted by Gasteiger charge is -2.22. The standard InChI is InChI=1S/C18H14Cl2F3N3O3/c1-4-6-26(17(28)29-5-2)13-7-10(11(19)8-12(13)20)15-16(27)25(3)14(9-24-15)18(21,22)23/h1,7-9H,5-6H2,2-3H3. The summed E-state index contributed by atoms with van der Waals surface area (Å²) in [6.07, 6.45) is 0.251. The first kappa shape index (κ1) is 22.6. The number of carbonyl (C=O) groups excluding carboxylic acids is 1. The number of hydrogen-bond acceptors (Lipinski definition) is 4. The van der Waals surface area contributed by atoms with E-state index >= 15 is 0 Å². The number of benzene rings is 1. The predicted octanol–water partition coefficient (Wildman–Crippen LogP) is 4.37.